The number of esters is 2. The van der Waals surface area contributed by atoms with E-state index in [1.54, 1.807) is 24.3 Å². The van der Waals surface area contributed by atoms with E-state index in [2.05, 4.69) is 0 Å². The molecule has 0 amide bonds. The summed E-state index contributed by atoms with van der Waals surface area (Å²) in [5.74, 6) is -4.50. The van der Waals surface area contributed by atoms with E-state index in [1.165, 1.54) is 26.0 Å². The molecule has 1 saturated heterocycles. The summed E-state index contributed by atoms with van der Waals surface area (Å²) in [6.45, 7) is 3.09. The lowest BCUT2D eigenvalue weighted by atomic mass is 10.1. The Kier molecular flexibility index (Phi) is 4.94. The Morgan fingerprint density at radius 1 is 0.963 bits per heavy atom. The van der Waals surface area contributed by atoms with Crippen molar-refractivity contribution in [2.45, 2.75) is 26.2 Å². The molecular weight excluding hydrogens is 358 g/mol. The normalized spacial score (nSPS) is 15.8. The average molecular weight is 374 g/mol. The number of rotatable bonds is 4. The minimum Gasteiger partial charge on any atom is -0.489 e. The quantitative estimate of drug-likeness (QED) is 0.463. The SMILES string of the molecule is CC1(C)OC(=O)C(=Cc2ccc(COc3ccc(F)c(F)c3)cc2)C(=O)O1. The maximum atomic E-state index is 13.2. The van der Waals surface area contributed by atoms with E-state index >= 15 is 0 Å². The van der Waals surface area contributed by atoms with Gasteiger partial charge in [0.05, 0.1) is 0 Å². The van der Waals surface area contributed by atoms with Gasteiger partial charge in [0.15, 0.2) is 11.6 Å². The summed E-state index contributed by atoms with van der Waals surface area (Å²) in [7, 11) is 0. The first-order chi connectivity index (χ1) is 12.7. The van der Waals surface area contributed by atoms with Gasteiger partial charge in [0.25, 0.3) is 5.79 Å². The van der Waals surface area contributed by atoms with Crippen LogP contribution in [0.1, 0.15) is 25.0 Å². The van der Waals surface area contributed by atoms with Crippen LogP contribution in [0.5, 0.6) is 5.75 Å². The van der Waals surface area contributed by atoms with Crippen molar-refractivity contribution in [1.82, 2.24) is 0 Å². The Morgan fingerprint density at radius 3 is 2.19 bits per heavy atom. The van der Waals surface area contributed by atoms with E-state index in [1.807, 2.05) is 0 Å². The van der Waals surface area contributed by atoms with Crippen molar-refractivity contribution in [1.29, 1.82) is 0 Å². The van der Waals surface area contributed by atoms with Gasteiger partial charge in [-0.3, -0.25) is 0 Å². The molecule has 1 fully saturated rings. The molecule has 0 atom stereocenters. The van der Waals surface area contributed by atoms with Gasteiger partial charge in [0.1, 0.15) is 17.9 Å². The second-order valence-corrected chi connectivity index (χ2v) is 6.34. The topological polar surface area (TPSA) is 61.8 Å². The number of ether oxygens (including phenoxy) is 3. The first kappa shape index (κ1) is 18.6. The molecular formula is C20H16F2O5. The molecule has 27 heavy (non-hydrogen) atoms. The molecule has 3 rings (SSSR count). The molecule has 0 radical (unpaired) electrons. The van der Waals surface area contributed by atoms with Gasteiger partial charge in [-0.1, -0.05) is 24.3 Å². The van der Waals surface area contributed by atoms with Crippen LogP contribution < -0.4 is 4.74 Å². The number of halogens is 2. The van der Waals surface area contributed by atoms with E-state index in [0.717, 1.165) is 17.7 Å². The molecule has 0 bridgehead atoms. The van der Waals surface area contributed by atoms with Gasteiger partial charge < -0.3 is 14.2 Å². The standard InChI is InChI=1S/C20H16F2O5/c1-20(2)26-18(23)15(19(24)27-20)9-12-3-5-13(6-4-12)11-25-14-7-8-16(21)17(22)10-14/h3-10H,11H2,1-2H3. The first-order valence-electron chi connectivity index (χ1n) is 8.09. The Morgan fingerprint density at radius 2 is 1.59 bits per heavy atom. The van der Waals surface area contributed by atoms with Crippen molar-refractivity contribution >= 4 is 18.0 Å². The highest BCUT2D eigenvalue weighted by Crippen LogP contribution is 2.24. The van der Waals surface area contributed by atoms with Crippen molar-refractivity contribution < 1.29 is 32.6 Å². The molecule has 2 aromatic rings. The van der Waals surface area contributed by atoms with Gasteiger partial charge in [-0.15, -0.1) is 0 Å². The molecule has 2 aromatic carbocycles. The zero-order valence-electron chi connectivity index (χ0n) is 14.6. The molecule has 7 heteroatoms. The zero-order chi connectivity index (χ0) is 19.6. The predicted octanol–water partition coefficient (Wildman–Crippen LogP) is 3.76. The Bertz CT molecular complexity index is 894. The van der Waals surface area contributed by atoms with E-state index in [-0.39, 0.29) is 17.9 Å². The van der Waals surface area contributed by atoms with Crippen LogP contribution in [-0.4, -0.2) is 17.7 Å². The van der Waals surface area contributed by atoms with Crippen LogP contribution in [0.4, 0.5) is 8.78 Å². The maximum absolute atomic E-state index is 13.2. The summed E-state index contributed by atoms with van der Waals surface area (Å²) in [5, 5.41) is 0. The van der Waals surface area contributed by atoms with Crippen LogP contribution in [0.25, 0.3) is 6.08 Å². The molecule has 140 valence electrons. The zero-order valence-corrected chi connectivity index (χ0v) is 14.6. The van der Waals surface area contributed by atoms with Crippen molar-refractivity contribution in [3.63, 3.8) is 0 Å². The number of benzene rings is 2. The molecule has 0 unspecified atom stereocenters. The van der Waals surface area contributed by atoms with Crippen LogP contribution in [0, 0.1) is 11.6 Å². The van der Waals surface area contributed by atoms with Crippen molar-refractivity contribution in [2.75, 3.05) is 0 Å². The third-order valence-corrected chi connectivity index (χ3v) is 3.70. The second kappa shape index (κ2) is 7.19. The summed E-state index contributed by atoms with van der Waals surface area (Å²) >= 11 is 0. The Labute approximate surface area is 154 Å². The van der Waals surface area contributed by atoms with Crippen LogP contribution in [0.2, 0.25) is 0 Å². The first-order valence-corrected chi connectivity index (χ1v) is 8.09. The summed E-state index contributed by atoms with van der Waals surface area (Å²) in [6.07, 6.45) is 1.37. The number of cyclic esters (lactones) is 2. The molecule has 1 heterocycles. The van der Waals surface area contributed by atoms with E-state index in [4.69, 9.17) is 14.2 Å². The fourth-order valence-corrected chi connectivity index (χ4v) is 2.39. The van der Waals surface area contributed by atoms with Crippen LogP contribution in [0.15, 0.2) is 48.0 Å². The molecule has 5 nitrogen and oxygen atoms in total. The molecule has 1 aliphatic heterocycles. The largest absolute Gasteiger partial charge is 0.489 e. The molecule has 0 aliphatic carbocycles. The minimum absolute atomic E-state index is 0.139. The van der Waals surface area contributed by atoms with Gasteiger partial charge in [-0.05, 0) is 29.3 Å². The smallest absolute Gasteiger partial charge is 0.348 e. The summed E-state index contributed by atoms with van der Waals surface area (Å²) in [6, 6.07) is 10.1. The fourth-order valence-electron chi connectivity index (χ4n) is 2.39. The van der Waals surface area contributed by atoms with Crippen molar-refractivity contribution in [3.05, 3.63) is 70.8 Å². The molecule has 0 N–H and O–H groups in total. The lowest BCUT2D eigenvalue weighted by Crippen LogP contribution is -2.41. The predicted molar refractivity (Wildman–Crippen MR) is 91.4 cm³/mol. The van der Waals surface area contributed by atoms with Gasteiger partial charge in [0.2, 0.25) is 0 Å². The van der Waals surface area contributed by atoms with Crippen molar-refractivity contribution in [3.8, 4) is 5.75 Å². The summed E-state index contributed by atoms with van der Waals surface area (Å²) in [5.41, 5.74) is 1.16. The molecule has 0 spiro atoms. The van der Waals surface area contributed by atoms with Gasteiger partial charge in [-0.25, -0.2) is 18.4 Å². The van der Waals surface area contributed by atoms with Gasteiger partial charge >= 0.3 is 11.9 Å². The Balaban J connectivity index is 1.67. The number of hydrogen-bond donors (Lipinski definition) is 0. The second-order valence-electron chi connectivity index (χ2n) is 6.34. The van der Waals surface area contributed by atoms with Crippen LogP contribution in [-0.2, 0) is 25.7 Å². The highest BCUT2D eigenvalue weighted by atomic mass is 19.2. The van der Waals surface area contributed by atoms with E-state index in [0.29, 0.717) is 5.56 Å². The summed E-state index contributed by atoms with van der Waals surface area (Å²) < 4.78 is 41.5. The molecule has 0 saturated carbocycles. The number of carbonyl (C=O) groups excluding carboxylic acids is 2. The fraction of sp³-hybridized carbons (Fsp3) is 0.200. The van der Waals surface area contributed by atoms with Gasteiger partial charge in [-0.2, -0.15) is 0 Å². The highest BCUT2D eigenvalue weighted by Gasteiger charge is 2.38. The van der Waals surface area contributed by atoms with E-state index in [9.17, 15) is 18.4 Å². The third kappa shape index (κ3) is 4.49. The molecule has 1 aliphatic rings. The third-order valence-electron chi connectivity index (χ3n) is 3.70. The number of hydrogen-bond acceptors (Lipinski definition) is 5. The van der Waals surface area contributed by atoms with Gasteiger partial charge in [0, 0.05) is 19.9 Å². The number of carbonyl (C=O) groups is 2. The Hall–Kier alpha value is -3.22. The average Bonchev–Trinajstić information content (AvgIpc) is 2.59. The lowest BCUT2D eigenvalue weighted by molar-refractivity contribution is -0.222. The van der Waals surface area contributed by atoms with Crippen LogP contribution in [0.3, 0.4) is 0 Å². The van der Waals surface area contributed by atoms with Crippen molar-refractivity contribution in [2.24, 2.45) is 0 Å². The lowest BCUT2D eigenvalue weighted by Gasteiger charge is -2.29. The summed E-state index contributed by atoms with van der Waals surface area (Å²) in [4.78, 5) is 23.9. The minimum atomic E-state index is -1.29. The van der Waals surface area contributed by atoms with Crippen LogP contribution >= 0.6 is 0 Å². The highest BCUT2D eigenvalue weighted by molar-refractivity contribution is 6.18. The van der Waals surface area contributed by atoms with E-state index < -0.39 is 29.4 Å². The molecule has 0 aromatic heterocycles. The maximum Gasteiger partial charge on any atom is 0.348 e. The monoisotopic (exact) mass is 374 g/mol.